The molecule has 17 heavy (non-hydrogen) atoms. The molecule has 0 aromatic carbocycles. The molecule has 0 saturated carbocycles. The van der Waals surface area contributed by atoms with Gasteiger partial charge in [-0.1, -0.05) is 13.0 Å². The van der Waals surface area contributed by atoms with Crippen LogP contribution in [0.3, 0.4) is 0 Å². The van der Waals surface area contributed by atoms with Gasteiger partial charge in [0.25, 0.3) is 0 Å². The van der Waals surface area contributed by atoms with Crippen molar-refractivity contribution in [2.45, 2.75) is 32.9 Å². The summed E-state index contributed by atoms with van der Waals surface area (Å²) in [4.78, 5) is 4.32. The summed E-state index contributed by atoms with van der Waals surface area (Å²) in [5.74, 6) is 2.01. The summed E-state index contributed by atoms with van der Waals surface area (Å²) in [6, 6.07) is 10.2. The lowest BCUT2D eigenvalue weighted by Crippen LogP contribution is -2.18. The number of hydrogen-bond donors (Lipinski definition) is 1. The summed E-state index contributed by atoms with van der Waals surface area (Å²) >= 11 is 0. The summed E-state index contributed by atoms with van der Waals surface area (Å²) in [5, 5.41) is 3.40. The predicted octanol–water partition coefficient (Wildman–Crippen LogP) is 3.09. The second kappa shape index (κ2) is 5.64. The molecule has 2 aromatic rings. The van der Waals surface area contributed by atoms with Crippen molar-refractivity contribution in [2.75, 3.05) is 0 Å². The smallest absolute Gasteiger partial charge is 0.117 e. The highest BCUT2D eigenvalue weighted by atomic mass is 16.3. The summed E-state index contributed by atoms with van der Waals surface area (Å²) in [7, 11) is 0. The van der Waals surface area contributed by atoms with Gasteiger partial charge in [-0.15, -0.1) is 0 Å². The lowest BCUT2D eigenvalue weighted by molar-refractivity contribution is 0.433. The topological polar surface area (TPSA) is 38.1 Å². The molecule has 0 saturated heterocycles. The number of nitrogens with one attached hydrogen (secondary N) is 1. The monoisotopic (exact) mass is 230 g/mol. The molecule has 0 unspecified atom stereocenters. The van der Waals surface area contributed by atoms with Gasteiger partial charge in [-0.3, -0.25) is 4.98 Å². The molecule has 0 aliphatic rings. The maximum Gasteiger partial charge on any atom is 0.117 e. The first-order valence-corrected chi connectivity index (χ1v) is 6.01. The zero-order valence-electron chi connectivity index (χ0n) is 10.3. The van der Waals surface area contributed by atoms with E-state index in [-0.39, 0.29) is 6.04 Å². The highest BCUT2D eigenvalue weighted by Crippen LogP contribution is 2.12. The minimum absolute atomic E-state index is 0.228. The Morgan fingerprint density at radius 2 is 2.06 bits per heavy atom. The second-order valence-corrected chi connectivity index (χ2v) is 4.08. The van der Waals surface area contributed by atoms with Crippen LogP contribution < -0.4 is 5.32 Å². The van der Waals surface area contributed by atoms with Gasteiger partial charge in [0.15, 0.2) is 0 Å². The van der Waals surface area contributed by atoms with Crippen LogP contribution in [0.4, 0.5) is 0 Å². The van der Waals surface area contributed by atoms with Crippen LogP contribution in [0.5, 0.6) is 0 Å². The van der Waals surface area contributed by atoms with Crippen molar-refractivity contribution in [1.82, 2.24) is 10.3 Å². The highest BCUT2D eigenvalue weighted by molar-refractivity contribution is 5.10. The molecule has 2 rings (SSSR count). The van der Waals surface area contributed by atoms with Crippen LogP contribution in [0.15, 0.2) is 40.9 Å². The fourth-order valence-electron chi connectivity index (χ4n) is 1.70. The van der Waals surface area contributed by atoms with Crippen LogP contribution >= 0.6 is 0 Å². The average Bonchev–Trinajstić information content (AvgIpc) is 2.85. The van der Waals surface area contributed by atoms with Crippen LogP contribution in [-0.2, 0) is 13.0 Å². The second-order valence-electron chi connectivity index (χ2n) is 4.08. The fourth-order valence-corrected chi connectivity index (χ4v) is 1.70. The molecule has 3 nitrogen and oxygen atoms in total. The maximum absolute atomic E-state index is 5.64. The summed E-state index contributed by atoms with van der Waals surface area (Å²) in [5.41, 5.74) is 1.05. The normalized spacial score (nSPS) is 12.6. The van der Waals surface area contributed by atoms with Crippen LogP contribution in [0, 0.1) is 0 Å². The molecule has 0 spiro atoms. The third-order valence-corrected chi connectivity index (χ3v) is 2.78. The molecule has 0 fully saturated rings. The van der Waals surface area contributed by atoms with Crippen molar-refractivity contribution in [1.29, 1.82) is 0 Å². The van der Waals surface area contributed by atoms with Crippen molar-refractivity contribution < 1.29 is 4.42 Å². The van der Waals surface area contributed by atoms with Crippen molar-refractivity contribution in [3.63, 3.8) is 0 Å². The summed E-state index contributed by atoms with van der Waals surface area (Å²) in [6.07, 6.45) is 2.76. The SMILES string of the molecule is CCc1ccc(CN[C@@H](C)c2ccccn2)o1. The van der Waals surface area contributed by atoms with Crippen LogP contribution in [0.2, 0.25) is 0 Å². The molecule has 1 N–H and O–H groups in total. The van der Waals surface area contributed by atoms with Gasteiger partial charge in [-0.05, 0) is 31.2 Å². The molecule has 0 aliphatic heterocycles. The van der Waals surface area contributed by atoms with E-state index in [9.17, 15) is 0 Å². The van der Waals surface area contributed by atoms with E-state index in [2.05, 4.69) is 24.1 Å². The predicted molar refractivity (Wildman–Crippen MR) is 67.6 cm³/mol. The van der Waals surface area contributed by atoms with E-state index in [0.717, 1.165) is 30.2 Å². The number of hydrogen-bond acceptors (Lipinski definition) is 3. The third kappa shape index (κ3) is 3.17. The van der Waals surface area contributed by atoms with Crippen molar-refractivity contribution in [3.05, 3.63) is 53.7 Å². The molecule has 2 aromatic heterocycles. The Morgan fingerprint density at radius 1 is 1.24 bits per heavy atom. The Balaban J connectivity index is 1.90. The van der Waals surface area contributed by atoms with Gasteiger partial charge >= 0.3 is 0 Å². The quantitative estimate of drug-likeness (QED) is 0.857. The Morgan fingerprint density at radius 3 is 2.71 bits per heavy atom. The maximum atomic E-state index is 5.64. The Kier molecular flexibility index (Phi) is 3.94. The molecule has 0 aliphatic carbocycles. The molecule has 2 heterocycles. The highest BCUT2D eigenvalue weighted by Gasteiger charge is 2.07. The fraction of sp³-hybridized carbons (Fsp3) is 0.357. The van der Waals surface area contributed by atoms with Crippen LogP contribution in [-0.4, -0.2) is 4.98 Å². The molecule has 90 valence electrons. The minimum Gasteiger partial charge on any atom is -0.465 e. The van der Waals surface area contributed by atoms with E-state index in [0.29, 0.717) is 0 Å². The van der Waals surface area contributed by atoms with E-state index < -0.39 is 0 Å². The number of nitrogens with zero attached hydrogens (tertiary/aromatic N) is 1. The number of aryl methyl sites for hydroxylation is 1. The first kappa shape index (κ1) is 11.9. The number of pyridine rings is 1. The standard InChI is InChI=1S/C14H18N2O/c1-3-12-7-8-13(17-12)10-16-11(2)14-6-4-5-9-15-14/h4-9,11,16H,3,10H2,1-2H3/t11-/m0/s1. The van der Waals surface area contributed by atoms with E-state index in [1.807, 2.05) is 36.5 Å². The van der Waals surface area contributed by atoms with Gasteiger partial charge in [0.05, 0.1) is 12.2 Å². The first-order valence-electron chi connectivity index (χ1n) is 6.01. The molecule has 0 amide bonds. The minimum atomic E-state index is 0.228. The van der Waals surface area contributed by atoms with E-state index >= 15 is 0 Å². The molecular formula is C14H18N2O. The largest absolute Gasteiger partial charge is 0.465 e. The van der Waals surface area contributed by atoms with Gasteiger partial charge in [-0.2, -0.15) is 0 Å². The van der Waals surface area contributed by atoms with Crippen LogP contribution in [0.1, 0.15) is 37.1 Å². The summed E-state index contributed by atoms with van der Waals surface area (Å²) in [6.45, 7) is 4.93. The zero-order valence-corrected chi connectivity index (χ0v) is 10.3. The van der Waals surface area contributed by atoms with Gasteiger partial charge in [0.1, 0.15) is 11.5 Å². The average molecular weight is 230 g/mol. The van der Waals surface area contributed by atoms with Crippen molar-refractivity contribution in [3.8, 4) is 0 Å². The van der Waals surface area contributed by atoms with Gasteiger partial charge in [0, 0.05) is 18.7 Å². The van der Waals surface area contributed by atoms with Crippen LogP contribution in [0.25, 0.3) is 0 Å². The van der Waals surface area contributed by atoms with Gasteiger partial charge in [-0.25, -0.2) is 0 Å². The van der Waals surface area contributed by atoms with Gasteiger partial charge in [0.2, 0.25) is 0 Å². The lowest BCUT2D eigenvalue weighted by atomic mass is 10.2. The molecule has 1 atom stereocenters. The molecule has 0 bridgehead atoms. The number of rotatable bonds is 5. The van der Waals surface area contributed by atoms with Crippen molar-refractivity contribution in [2.24, 2.45) is 0 Å². The number of aromatic nitrogens is 1. The Bertz CT molecular complexity index is 450. The van der Waals surface area contributed by atoms with E-state index in [4.69, 9.17) is 4.42 Å². The van der Waals surface area contributed by atoms with Gasteiger partial charge < -0.3 is 9.73 Å². The Labute approximate surface area is 102 Å². The lowest BCUT2D eigenvalue weighted by Gasteiger charge is -2.11. The Hall–Kier alpha value is -1.61. The summed E-state index contributed by atoms with van der Waals surface area (Å²) < 4.78 is 5.64. The number of furan rings is 1. The van der Waals surface area contributed by atoms with E-state index in [1.54, 1.807) is 0 Å². The zero-order chi connectivity index (χ0) is 12.1. The third-order valence-electron chi connectivity index (χ3n) is 2.78. The van der Waals surface area contributed by atoms with E-state index in [1.165, 1.54) is 0 Å². The molecular weight excluding hydrogens is 212 g/mol. The molecule has 3 heteroatoms. The molecule has 0 radical (unpaired) electrons. The van der Waals surface area contributed by atoms with Crippen molar-refractivity contribution >= 4 is 0 Å². The first-order chi connectivity index (χ1) is 8.29.